The van der Waals surface area contributed by atoms with Crippen LogP contribution in [-0.2, 0) is 13.1 Å². The Bertz CT molecular complexity index is 937. The van der Waals surface area contributed by atoms with Crippen molar-refractivity contribution < 1.29 is 9.18 Å². The second-order valence-corrected chi connectivity index (χ2v) is 6.89. The van der Waals surface area contributed by atoms with Crippen LogP contribution in [0.15, 0.2) is 54.6 Å². The molecule has 1 saturated heterocycles. The van der Waals surface area contributed by atoms with E-state index in [1.54, 1.807) is 21.7 Å². The Hall–Kier alpha value is -3.33. The van der Waals surface area contributed by atoms with Gasteiger partial charge in [0.2, 0.25) is 0 Å². The highest BCUT2D eigenvalue weighted by molar-refractivity contribution is 5.74. The van der Waals surface area contributed by atoms with Gasteiger partial charge in [-0.2, -0.15) is 4.68 Å². The van der Waals surface area contributed by atoms with Crippen molar-refractivity contribution in [2.75, 3.05) is 26.2 Å². The van der Waals surface area contributed by atoms with Crippen molar-refractivity contribution in [3.05, 3.63) is 71.8 Å². The minimum Gasteiger partial charge on any atom is -0.334 e. The lowest BCUT2D eigenvalue weighted by atomic mass is 10.2. The molecule has 1 aliphatic rings. The van der Waals surface area contributed by atoms with E-state index in [1.807, 2.05) is 30.3 Å². The van der Waals surface area contributed by atoms with Gasteiger partial charge in [-0.15, -0.1) is 5.10 Å². The van der Waals surface area contributed by atoms with Crippen molar-refractivity contribution in [2.24, 2.45) is 0 Å². The Labute approximate surface area is 167 Å². The summed E-state index contributed by atoms with van der Waals surface area (Å²) in [6.45, 7) is 3.74. The molecule has 4 rings (SSSR count). The summed E-state index contributed by atoms with van der Waals surface area (Å²) in [6, 6.07) is 15.8. The Morgan fingerprint density at radius 2 is 1.72 bits per heavy atom. The fraction of sp³-hybridized carbons (Fsp3) is 0.300. The minimum absolute atomic E-state index is 0.108. The number of halogens is 1. The number of aromatic nitrogens is 4. The zero-order valence-corrected chi connectivity index (χ0v) is 15.9. The van der Waals surface area contributed by atoms with Gasteiger partial charge in [0, 0.05) is 32.7 Å². The molecule has 2 heterocycles. The van der Waals surface area contributed by atoms with E-state index in [1.165, 1.54) is 12.1 Å². The number of hydrogen-bond acceptors (Lipinski definition) is 5. The first-order valence-corrected chi connectivity index (χ1v) is 9.51. The van der Waals surface area contributed by atoms with Crippen molar-refractivity contribution in [3.8, 4) is 5.69 Å². The van der Waals surface area contributed by atoms with Crippen molar-refractivity contribution in [3.63, 3.8) is 0 Å². The third-order valence-electron chi connectivity index (χ3n) is 4.92. The largest absolute Gasteiger partial charge is 0.334 e. The lowest BCUT2D eigenvalue weighted by Gasteiger charge is -2.34. The first-order chi connectivity index (χ1) is 14.2. The van der Waals surface area contributed by atoms with E-state index in [4.69, 9.17) is 0 Å². The van der Waals surface area contributed by atoms with E-state index in [-0.39, 0.29) is 11.8 Å². The first-order valence-electron chi connectivity index (χ1n) is 9.51. The van der Waals surface area contributed by atoms with Gasteiger partial charge in [-0.3, -0.25) is 4.90 Å². The number of amides is 2. The predicted molar refractivity (Wildman–Crippen MR) is 105 cm³/mol. The van der Waals surface area contributed by atoms with E-state index < -0.39 is 0 Å². The molecule has 1 fully saturated rings. The van der Waals surface area contributed by atoms with Gasteiger partial charge in [0.15, 0.2) is 5.82 Å². The number of rotatable bonds is 5. The molecule has 29 heavy (non-hydrogen) atoms. The monoisotopic (exact) mass is 395 g/mol. The fourth-order valence-electron chi connectivity index (χ4n) is 3.27. The molecule has 2 aromatic carbocycles. The number of hydrogen-bond donors (Lipinski definition) is 1. The molecular weight excluding hydrogens is 373 g/mol. The average Bonchev–Trinajstić information content (AvgIpc) is 3.22. The zero-order chi connectivity index (χ0) is 20.1. The van der Waals surface area contributed by atoms with Gasteiger partial charge in [0.1, 0.15) is 5.82 Å². The molecule has 0 spiro atoms. The first kappa shape index (κ1) is 19.0. The van der Waals surface area contributed by atoms with Crippen LogP contribution in [0.25, 0.3) is 5.69 Å². The third kappa shape index (κ3) is 4.75. The van der Waals surface area contributed by atoms with Crippen LogP contribution in [-0.4, -0.2) is 62.2 Å². The molecule has 0 unspecified atom stereocenters. The summed E-state index contributed by atoms with van der Waals surface area (Å²) in [6.07, 6.45) is 0. The Kier molecular flexibility index (Phi) is 5.76. The van der Waals surface area contributed by atoms with E-state index >= 15 is 0 Å². The zero-order valence-electron chi connectivity index (χ0n) is 15.9. The van der Waals surface area contributed by atoms with Gasteiger partial charge in [-0.1, -0.05) is 30.3 Å². The minimum atomic E-state index is -0.283. The Morgan fingerprint density at radius 1 is 1.00 bits per heavy atom. The molecule has 0 atom stereocenters. The molecule has 0 aliphatic carbocycles. The van der Waals surface area contributed by atoms with Crippen LogP contribution in [0.3, 0.4) is 0 Å². The van der Waals surface area contributed by atoms with Gasteiger partial charge in [-0.25, -0.2) is 9.18 Å². The Balaban J connectivity index is 1.27. The van der Waals surface area contributed by atoms with E-state index in [9.17, 15) is 9.18 Å². The molecule has 8 nitrogen and oxygen atoms in total. The summed E-state index contributed by atoms with van der Waals surface area (Å²) in [5, 5.41) is 14.9. The molecule has 2 amide bonds. The van der Waals surface area contributed by atoms with E-state index in [2.05, 4.69) is 25.7 Å². The number of para-hydroxylation sites is 1. The maximum absolute atomic E-state index is 13.0. The van der Waals surface area contributed by atoms with E-state index in [0.717, 1.165) is 30.2 Å². The number of nitrogens with zero attached hydrogens (tertiary/aromatic N) is 6. The van der Waals surface area contributed by atoms with Crippen LogP contribution in [0.1, 0.15) is 11.4 Å². The second kappa shape index (κ2) is 8.78. The summed E-state index contributed by atoms with van der Waals surface area (Å²) < 4.78 is 14.7. The lowest BCUT2D eigenvalue weighted by molar-refractivity contribution is 0.133. The van der Waals surface area contributed by atoms with Gasteiger partial charge >= 0.3 is 6.03 Å². The van der Waals surface area contributed by atoms with Crippen molar-refractivity contribution in [1.29, 1.82) is 0 Å². The molecule has 1 aliphatic heterocycles. The third-order valence-corrected chi connectivity index (χ3v) is 4.92. The quantitative estimate of drug-likeness (QED) is 0.713. The number of carbonyl (C=O) groups excluding carboxylic acids is 1. The van der Waals surface area contributed by atoms with Gasteiger partial charge < -0.3 is 10.2 Å². The molecule has 0 bridgehead atoms. The summed E-state index contributed by atoms with van der Waals surface area (Å²) in [5.74, 6) is 0.486. The summed E-state index contributed by atoms with van der Waals surface area (Å²) in [5.41, 5.74) is 1.79. The predicted octanol–water partition coefficient (Wildman–Crippen LogP) is 1.83. The van der Waals surface area contributed by atoms with Crippen LogP contribution in [0.4, 0.5) is 9.18 Å². The highest BCUT2D eigenvalue weighted by Gasteiger charge is 2.22. The van der Waals surface area contributed by atoms with Crippen molar-refractivity contribution in [1.82, 2.24) is 35.3 Å². The van der Waals surface area contributed by atoms with Gasteiger partial charge in [0.25, 0.3) is 0 Å². The molecular formula is C20H22FN7O. The average molecular weight is 395 g/mol. The normalized spacial score (nSPS) is 14.7. The maximum Gasteiger partial charge on any atom is 0.317 e. The highest BCUT2D eigenvalue weighted by atomic mass is 19.1. The smallest absolute Gasteiger partial charge is 0.317 e. The lowest BCUT2D eigenvalue weighted by Crippen LogP contribution is -2.51. The number of benzene rings is 2. The number of urea groups is 1. The van der Waals surface area contributed by atoms with Crippen molar-refractivity contribution >= 4 is 6.03 Å². The van der Waals surface area contributed by atoms with Crippen LogP contribution in [0.5, 0.6) is 0 Å². The summed E-state index contributed by atoms with van der Waals surface area (Å²) >= 11 is 0. The summed E-state index contributed by atoms with van der Waals surface area (Å²) in [7, 11) is 0. The Morgan fingerprint density at radius 3 is 2.45 bits per heavy atom. The molecule has 9 heteroatoms. The standard InChI is InChI=1S/C20H22FN7O/c21-17-8-6-16(7-9-17)14-22-20(29)27-12-10-26(11-13-27)15-19-23-24-25-28(19)18-4-2-1-3-5-18/h1-9H,10-15H2,(H,22,29). The topological polar surface area (TPSA) is 79.2 Å². The van der Waals surface area contributed by atoms with Gasteiger partial charge in [0.05, 0.1) is 12.2 Å². The second-order valence-electron chi connectivity index (χ2n) is 6.89. The van der Waals surface area contributed by atoms with Crippen LogP contribution < -0.4 is 5.32 Å². The molecule has 0 radical (unpaired) electrons. The summed E-state index contributed by atoms with van der Waals surface area (Å²) in [4.78, 5) is 16.4. The number of piperazine rings is 1. The van der Waals surface area contributed by atoms with Crippen LogP contribution in [0, 0.1) is 5.82 Å². The molecule has 3 aromatic rings. The number of nitrogens with one attached hydrogen (secondary N) is 1. The van der Waals surface area contributed by atoms with Gasteiger partial charge in [-0.05, 0) is 40.3 Å². The highest BCUT2D eigenvalue weighted by Crippen LogP contribution is 2.11. The molecule has 1 aromatic heterocycles. The maximum atomic E-state index is 13.0. The van der Waals surface area contributed by atoms with Crippen LogP contribution >= 0.6 is 0 Å². The van der Waals surface area contributed by atoms with Crippen molar-refractivity contribution in [2.45, 2.75) is 13.1 Å². The van der Waals surface area contributed by atoms with Crippen LogP contribution in [0.2, 0.25) is 0 Å². The molecule has 0 saturated carbocycles. The SMILES string of the molecule is O=C(NCc1ccc(F)cc1)N1CCN(Cc2nnnn2-c2ccccc2)CC1. The van der Waals surface area contributed by atoms with E-state index in [0.29, 0.717) is 26.2 Å². The fourth-order valence-corrected chi connectivity index (χ4v) is 3.27. The molecule has 150 valence electrons. The number of tetrazole rings is 1. The number of carbonyl (C=O) groups is 1. The molecule has 1 N–H and O–H groups in total.